The molecule has 3 heteroatoms. The third kappa shape index (κ3) is 2.38. The number of nitrogens with zero attached hydrogens (tertiary/aromatic N) is 2. The van der Waals surface area contributed by atoms with E-state index in [1.54, 1.807) is 0 Å². The fraction of sp³-hybridized carbons (Fsp3) is 0.471. The molecule has 1 saturated heterocycles. The Morgan fingerprint density at radius 2 is 2.20 bits per heavy atom. The number of hydrogen-bond donors (Lipinski definition) is 1. The molecule has 106 valence electrons. The highest BCUT2D eigenvalue weighted by atomic mass is 15.2. The Bertz CT molecular complexity index is 594. The Kier molecular flexibility index (Phi) is 3.88. The van der Waals surface area contributed by atoms with Gasteiger partial charge in [0.2, 0.25) is 0 Å². The maximum atomic E-state index is 5.79. The van der Waals surface area contributed by atoms with E-state index in [2.05, 4.69) is 42.2 Å². The number of nitrogens with two attached hydrogens (primary N) is 1. The zero-order valence-electron chi connectivity index (χ0n) is 12.2. The Labute approximate surface area is 120 Å². The summed E-state index contributed by atoms with van der Waals surface area (Å²) < 4.78 is 0. The van der Waals surface area contributed by atoms with Crippen LogP contribution in [-0.2, 0) is 6.42 Å². The summed E-state index contributed by atoms with van der Waals surface area (Å²) in [6.07, 6.45) is 4.65. The van der Waals surface area contributed by atoms with E-state index >= 15 is 0 Å². The molecule has 1 unspecified atom stereocenters. The molecule has 3 rings (SSSR count). The van der Waals surface area contributed by atoms with Gasteiger partial charge in [-0.3, -0.25) is 0 Å². The molecule has 0 saturated carbocycles. The summed E-state index contributed by atoms with van der Waals surface area (Å²) >= 11 is 0. The van der Waals surface area contributed by atoms with Gasteiger partial charge in [0, 0.05) is 18.0 Å². The van der Waals surface area contributed by atoms with Crippen LogP contribution in [0.1, 0.15) is 31.7 Å². The highest BCUT2D eigenvalue weighted by molar-refractivity contribution is 5.82. The van der Waals surface area contributed by atoms with Gasteiger partial charge in [0.05, 0.1) is 5.52 Å². The third-order valence-corrected chi connectivity index (χ3v) is 4.31. The van der Waals surface area contributed by atoms with Crippen LogP contribution in [0.3, 0.4) is 0 Å². The van der Waals surface area contributed by atoms with Crippen molar-refractivity contribution in [3.05, 3.63) is 35.9 Å². The van der Waals surface area contributed by atoms with Gasteiger partial charge in [0.1, 0.15) is 5.82 Å². The van der Waals surface area contributed by atoms with Crippen LogP contribution in [0.25, 0.3) is 10.9 Å². The molecule has 1 aliphatic rings. The lowest BCUT2D eigenvalue weighted by Gasteiger charge is -2.27. The maximum absolute atomic E-state index is 5.79. The number of anilines is 1. The quantitative estimate of drug-likeness (QED) is 0.927. The summed E-state index contributed by atoms with van der Waals surface area (Å²) in [5.74, 6) is 1.17. The van der Waals surface area contributed by atoms with E-state index in [1.165, 1.54) is 36.0 Å². The lowest BCUT2D eigenvalue weighted by atomic mass is 10.1. The molecule has 0 amide bonds. The minimum atomic E-state index is 0.639. The number of benzene rings is 1. The molecule has 1 aromatic carbocycles. The van der Waals surface area contributed by atoms with E-state index in [0.29, 0.717) is 12.6 Å². The van der Waals surface area contributed by atoms with E-state index in [0.717, 1.165) is 18.5 Å². The molecule has 0 spiro atoms. The highest BCUT2D eigenvalue weighted by Crippen LogP contribution is 2.31. The van der Waals surface area contributed by atoms with Crippen molar-refractivity contribution in [2.75, 3.05) is 18.0 Å². The van der Waals surface area contributed by atoms with Crippen molar-refractivity contribution in [1.82, 2.24) is 4.98 Å². The second-order valence-corrected chi connectivity index (χ2v) is 5.60. The number of fused-ring (bicyclic) bond motifs is 1. The first-order chi connectivity index (χ1) is 9.83. The van der Waals surface area contributed by atoms with Gasteiger partial charge in [-0.15, -0.1) is 0 Å². The molecule has 2 aromatic rings. The molecule has 1 atom stereocenters. The van der Waals surface area contributed by atoms with Crippen LogP contribution < -0.4 is 10.6 Å². The summed E-state index contributed by atoms with van der Waals surface area (Å²) in [4.78, 5) is 7.44. The van der Waals surface area contributed by atoms with Gasteiger partial charge in [0.15, 0.2) is 0 Å². The predicted molar refractivity (Wildman–Crippen MR) is 85.2 cm³/mol. The molecule has 1 fully saturated rings. The Balaban J connectivity index is 2.09. The topological polar surface area (TPSA) is 42.2 Å². The van der Waals surface area contributed by atoms with Gasteiger partial charge >= 0.3 is 0 Å². The molecule has 1 aliphatic heterocycles. The summed E-state index contributed by atoms with van der Waals surface area (Å²) in [5.41, 5.74) is 8.18. The lowest BCUT2D eigenvalue weighted by molar-refractivity contribution is 0.639. The molecule has 2 N–H and O–H groups in total. The Morgan fingerprint density at radius 3 is 3.00 bits per heavy atom. The standard InChI is InChI=1S/C17H23N3/c1-2-15-7-5-11-20(15)17-14(9-10-18)12-13-6-3-4-8-16(13)19-17/h3-4,6,8,12,15H,2,5,7,9-11,18H2,1H3. The summed E-state index contributed by atoms with van der Waals surface area (Å²) in [5, 5.41) is 1.21. The minimum Gasteiger partial charge on any atom is -0.353 e. The molecular weight excluding hydrogens is 246 g/mol. The highest BCUT2D eigenvalue weighted by Gasteiger charge is 2.26. The minimum absolute atomic E-state index is 0.639. The zero-order valence-corrected chi connectivity index (χ0v) is 12.2. The largest absolute Gasteiger partial charge is 0.353 e. The fourth-order valence-electron chi connectivity index (χ4n) is 3.28. The van der Waals surface area contributed by atoms with Gasteiger partial charge in [-0.1, -0.05) is 25.1 Å². The van der Waals surface area contributed by atoms with Crippen molar-refractivity contribution in [2.24, 2.45) is 5.73 Å². The van der Waals surface area contributed by atoms with E-state index in [9.17, 15) is 0 Å². The van der Waals surface area contributed by atoms with Crippen molar-refractivity contribution in [3.8, 4) is 0 Å². The summed E-state index contributed by atoms with van der Waals surface area (Å²) in [6, 6.07) is 11.3. The molecule has 0 radical (unpaired) electrons. The van der Waals surface area contributed by atoms with Crippen LogP contribution in [0, 0.1) is 0 Å². The second-order valence-electron chi connectivity index (χ2n) is 5.60. The van der Waals surface area contributed by atoms with Crippen molar-refractivity contribution in [1.29, 1.82) is 0 Å². The average Bonchev–Trinajstić information content (AvgIpc) is 2.95. The Morgan fingerprint density at radius 1 is 1.35 bits per heavy atom. The first kappa shape index (κ1) is 13.4. The average molecular weight is 269 g/mol. The van der Waals surface area contributed by atoms with Crippen molar-refractivity contribution >= 4 is 16.7 Å². The van der Waals surface area contributed by atoms with E-state index in [4.69, 9.17) is 10.7 Å². The van der Waals surface area contributed by atoms with Crippen LogP contribution in [-0.4, -0.2) is 24.1 Å². The normalized spacial score (nSPS) is 18.9. The Hall–Kier alpha value is -1.61. The second kappa shape index (κ2) is 5.80. The van der Waals surface area contributed by atoms with Gasteiger partial charge in [-0.25, -0.2) is 4.98 Å². The maximum Gasteiger partial charge on any atom is 0.132 e. The van der Waals surface area contributed by atoms with Crippen LogP contribution in [0.15, 0.2) is 30.3 Å². The monoisotopic (exact) mass is 269 g/mol. The number of pyridine rings is 1. The zero-order chi connectivity index (χ0) is 13.9. The smallest absolute Gasteiger partial charge is 0.132 e. The summed E-state index contributed by atoms with van der Waals surface area (Å²) in [6.45, 7) is 4.08. The number of rotatable bonds is 4. The van der Waals surface area contributed by atoms with E-state index in [1.807, 2.05) is 0 Å². The molecular formula is C17H23N3. The molecule has 1 aromatic heterocycles. The molecule has 2 heterocycles. The first-order valence-corrected chi connectivity index (χ1v) is 7.69. The molecule has 3 nitrogen and oxygen atoms in total. The van der Waals surface area contributed by atoms with E-state index < -0.39 is 0 Å². The SMILES string of the molecule is CCC1CCCN1c1nc2ccccc2cc1CCN. The number of hydrogen-bond acceptors (Lipinski definition) is 3. The van der Waals surface area contributed by atoms with Gasteiger partial charge in [-0.2, -0.15) is 0 Å². The van der Waals surface area contributed by atoms with Gasteiger partial charge in [-0.05, 0) is 49.9 Å². The number of para-hydroxylation sites is 1. The third-order valence-electron chi connectivity index (χ3n) is 4.31. The van der Waals surface area contributed by atoms with E-state index in [-0.39, 0.29) is 0 Å². The molecule has 0 aliphatic carbocycles. The van der Waals surface area contributed by atoms with Gasteiger partial charge in [0.25, 0.3) is 0 Å². The number of aromatic nitrogens is 1. The van der Waals surface area contributed by atoms with Crippen LogP contribution in [0.2, 0.25) is 0 Å². The summed E-state index contributed by atoms with van der Waals surface area (Å²) in [7, 11) is 0. The first-order valence-electron chi connectivity index (χ1n) is 7.69. The molecule has 20 heavy (non-hydrogen) atoms. The lowest BCUT2D eigenvalue weighted by Crippen LogP contribution is -2.30. The van der Waals surface area contributed by atoms with Crippen molar-refractivity contribution in [2.45, 2.75) is 38.6 Å². The van der Waals surface area contributed by atoms with Crippen LogP contribution in [0.5, 0.6) is 0 Å². The molecule has 0 bridgehead atoms. The van der Waals surface area contributed by atoms with Crippen molar-refractivity contribution < 1.29 is 0 Å². The van der Waals surface area contributed by atoms with Gasteiger partial charge < -0.3 is 10.6 Å². The fourth-order valence-corrected chi connectivity index (χ4v) is 3.28. The van der Waals surface area contributed by atoms with Crippen LogP contribution in [0.4, 0.5) is 5.82 Å². The van der Waals surface area contributed by atoms with Crippen LogP contribution >= 0.6 is 0 Å². The predicted octanol–water partition coefficient (Wildman–Crippen LogP) is 3.11. The van der Waals surface area contributed by atoms with Crippen molar-refractivity contribution in [3.63, 3.8) is 0 Å².